The lowest BCUT2D eigenvalue weighted by Crippen LogP contribution is -2.48. The van der Waals surface area contributed by atoms with E-state index in [0.29, 0.717) is 0 Å². The smallest absolute Gasteiger partial charge is 0.326 e. The Morgan fingerprint density at radius 3 is 2.55 bits per heavy atom. The standard InChI is InChI=1S/C12H21N3O5/c1-7(10(17)13-2)5-14(3)12(20)15-6-8(16)4-9(15)11(18)19/h7-9,16H,4-6H2,1-3H3,(H,13,17)(H,18,19)/t7?,8-,9+/m1/s1. The highest BCUT2D eigenvalue weighted by Gasteiger charge is 2.40. The van der Waals surface area contributed by atoms with Crippen LogP contribution in [-0.2, 0) is 9.59 Å². The molecule has 8 heteroatoms. The molecule has 1 fully saturated rings. The number of carbonyl (C=O) groups is 3. The molecule has 0 bridgehead atoms. The second-order valence-corrected chi connectivity index (χ2v) is 5.07. The molecule has 3 atom stereocenters. The van der Waals surface area contributed by atoms with Crippen LogP contribution in [0.2, 0.25) is 0 Å². The quantitative estimate of drug-likeness (QED) is 0.610. The molecule has 3 N–H and O–H groups in total. The Bertz CT molecular complexity index is 401. The molecule has 1 unspecified atom stereocenters. The van der Waals surface area contributed by atoms with Gasteiger partial charge in [-0.05, 0) is 0 Å². The first-order chi connectivity index (χ1) is 9.27. The van der Waals surface area contributed by atoms with Crippen LogP contribution in [0.1, 0.15) is 13.3 Å². The van der Waals surface area contributed by atoms with E-state index in [2.05, 4.69) is 5.32 Å². The normalized spacial score (nSPS) is 23.3. The third kappa shape index (κ3) is 3.60. The highest BCUT2D eigenvalue weighted by molar-refractivity contribution is 5.84. The molecule has 1 saturated heterocycles. The second kappa shape index (κ2) is 6.56. The number of β-amino-alcohol motifs (C(OH)–C–C–N with tert-alkyl or cyclic N) is 1. The van der Waals surface area contributed by atoms with Gasteiger partial charge in [-0.25, -0.2) is 9.59 Å². The summed E-state index contributed by atoms with van der Waals surface area (Å²) < 4.78 is 0. The lowest BCUT2D eigenvalue weighted by Gasteiger charge is -2.28. The van der Waals surface area contributed by atoms with Crippen molar-refractivity contribution in [2.75, 3.05) is 27.2 Å². The molecule has 0 spiro atoms. The number of urea groups is 1. The average molecular weight is 287 g/mol. The summed E-state index contributed by atoms with van der Waals surface area (Å²) in [5.41, 5.74) is 0. The first-order valence-electron chi connectivity index (χ1n) is 6.42. The van der Waals surface area contributed by atoms with Crippen molar-refractivity contribution in [3.05, 3.63) is 0 Å². The van der Waals surface area contributed by atoms with Crippen LogP contribution >= 0.6 is 0 Å². The number of carboxylic acids is 1. The molecular formula is C12H21N3O5. The second-order valence-electron chi connectivity index (χ2n) is 5.07. The number of carbonyl (C=O) groups excluding carboxylic acids is 2. The van der Waals surface area contributed by atoms with Gasteiger partial charge in [0.25, 0.3) is 0 Å². The molecular weight excluding hydrogens is 266 g/mol. The molecule has 20 heavy (non-hydrogen) atoms. The molecule has 0 radical (unpaired) electrons. The number of hydrogen-bond donors (Lipinski definition) is 3. The molecule has 0 aromatic rings. The van der Waals surface area contributed by atoms with Crippen molar-refractivity contribution in [3.8, 4) is 0 Å². The van der Waals surface area contributed by atoms with E-state index in [1.165, 1.54) is 19.0 Å². The third-order valence-electron chi connectivity index (χ3n) is 3.38. The summed E-state index contributed by atoms with van der Waals surface area (Å²) in [6.07, 6.45) is -0.801. The van der Waals surface area contributed by atoms with Gasteiger partial charge in [0.05, 0.1) is 12.0 Å². The molecule has 1 heterocycles. The number of aliphatic hydroxyl groups excluding tert-OH is 1. The van der Waals surface area contributed by atoms with E-state index in [1.807, 2.05) is 0 Å². The molecule has 1 aliphatic rings. The van der Waals surface area contributed by atoms with Crippen LogP contribution < -0.4 is 5.32 Å². The maximum atomic E-state index is 12.2. The lowest BCUT2D eigenvalue weighted by molar-refractivity contribution is -0.141. The van der Waals surface area contributed by atoms with Gasteiger partial charge < -0.3 is 25.3 Å². The van der Waals surface area contributed by atoms with Crippen molar-refractivity contribution in [2.24, 2.45) is 5.92 Å². The first-order valence-corrected chi connectivity index (χ1v) is 6.42. The summed E-state index contributed by atoms with van der Waals surface area (Å²) >= 11 is 0. The fraction of sp³-hybridized carbons (Fsp3) is 0.750. The molecule has 0 aromatic carbocycles. The molecule has 114 valence electrons. The van der Waals surface area contributed by atoms with Crippen molar-refractivity contribution >= 4 is 17.9 Å². The van der Waals surface area contributed by atoms with Crippen LogP contribution in [0.4, 0.5) is 4.79 Å². The Morgan fingerprint density at radius 2 is 2.05 bits per heavy atom. The number of aliphatic hydroxyl groups is 1. The molecule has 0 aliphatic carbocycles. The Balaban J connectivity index is 2.68. The van der Waals surface area contributed by atoms with E-state index in [-0.39, 0.29) is 25.4 Å². The van der Waals surface area contributed by atoms with E-state index >= 15 is 0 Å². The number of likely N-dealkylation sites (tertiary alicyclic amines) is 1. The van der Waals surface area contributed by atoms with Crippen LogP contribution in [0, 0.1) is 5.92 Å². The Kier molecular flexibility index (Phi) is 5.32. The van der Waals surface area contributed by atoms with E-state index < -0.39 is 30.1 Å². The Labute approximate surface area is 117 Å². The number of carboxylic acid groups (broad SMARTS) is 1. The van der Waals surface area contributed by atoms with Crippen molar-refractivity contribution in [2.45, 2.75) is 25.5 Å². The zero-order valence-electron chi connectivity index (χ0n) is 11.9. The van der Waals surface area contributed by atoms with Crippen molar-refractivity contribution in [3.63, 3.8) is 0 Å². The van der Waals surface area contributed by atoms with Gasteiger partial charge in [-0.15, -0.1) is 0 Å². The van der Waals surface area contributed by atoms with Crippen molar-refractivity contribution in [1.82, 2.24) is 15.1 Å². The van der Waals surface area contributed by atoms with Gasteiger partial charge in [0.15, 0.2) is 0 Å². The van der Waals surface area contributed by atoms with Crippen LogP contribution in [0.15, 0.2) is 0 Å². The predicted molar refractivity (Wildman–Crippen MR) is 70.0 cm³/mol. The molecule has 0 saturated carbocycles. The highest BCUT2D eigenvalue weighted by Crippen LogP contribution is 2.20. The lowest BCUT2D eigenvalue weighted by atomic mass is 10.1. The minimum absolute atomic E-state index is 0.00546. The van der Waals surface area contributed by atoms with Crippen LogP contribution in [0.3, 0.4) is 0 Å². The fourth-order valence-electron chi connectivity index (χ4n) is 2.30. The molecule has 3 amide bonds. The number of hydrogen-bond acceptors (Lipinski definition) is 4. The minimum Gasteiger partial charge on any atom is -0.480 e. The number of nitrogens with zero attached hydrogens (tertiary/aromatic N) is 2. The Morgan fingerprint density at radius 1 is 1.45 bits per heavy atom. The van der Waals surface area contributed by atoms with Gasteiger partial charge in [-0.1, -0.05) is 6.92 Å². The monoisotopic (exact) mass is 287 g/mol. The number of nitrogens with one attached hydrogen (secondary N) is 1. The summed E-state index contributed by atoms with van der Waals surface area (Å²) in [7, 11) is 3.02. The molecule has 1 rings (SSSR count). The van der Waals surface area contributed by atoms with Gasteiger partial charge in [-0.3, -0.25) is 4.79 Å². The zero-order valence-corrected chi connectivity index (χ0v) is 11.9. The molecule has 0 aromatic heterocycles. The molecule has 1 aliphatic heterocycles. The van der Waals surface area contributed by atoms with Crippen LogP contribution in [0.25, 0.3) is 0 Å². The van der Waals surface area contributed by atoms with Crippen molar-refractivity contribution in [1.29, 1.82) is 0 Å². The summed E-state index contributed by atoms with van der Waals surface area (Å²) in [4.78, 5) is 37.1. The van der Waals surface area contributed by atoms with E-state index in [4.69, 9.17) is 5.11 Å². The minimum atomic E-state index is -1.14. The first kappa shape index (κ1) is 16.2. The fourth-order valence-corrected chi connectivity index (χ4v) is 2.30. The SMILES string of the molecule is CNC(=O)C(C)CN(C)C(=O)N1C[C@H](O)C[C@H]1C(=O)O. The third-order valence-corrected chi connectivity index (χ3v) is 3.38. The topological polar surface area (TPSA) is 110 Å². The van der Waals surface area contributed by atoms with E-state index in [0.717, 1.165) is 4.90 Å². The summed E-state index contributed by atoms with van der Waals surface area (Å²) in [5, 5.41) is 21.1. The summed E-state index contributed by atoms with van der Waals surface area (Å²) in [6, 6.07) is -1.51. The van der Waals surface area contributed by atoms with Gasteiger partial charge in [-0.2, -0.15) is 0 Å². The van der Waals surface area contributed by atoms with Gasteiger partial charge >= 0.3 is 12.0 Å². The Hall–Kier alpha value is -1.83. The van der Waals surface area contributed by atoms with Gasteiger partial charge in [0, 0.05) is 33.6 Å². The maximum Gasteiger partial charge on any atom is 0.326 e. The highest BCUT2D eigenvalue weighted by atomic mass is 16.4. The summed E-state index contributed by atoms with van der Waals surface area (Å²) in [5.74, 6) is -1.73. The predicted octanol–water partition coefficient (Wildman–Crippen LogP) is -1.06. The molecule has 8 nitrogen and oxygen atoms in total. The van der Waals surface area contributed by atoms with Gasteiger partial charge in [0.2, 0.25) is 5.91 Å². The van der Waals surface area contributed by atoms with Crippen LogP contribution in [0.5, 0.6) is 0 Å². The summed E-state index contributed by atoms with van der Waals surface area (Å²) in [6.45, 7) is 1.85. The number of rotatable bonds is 4. The van der Waals surface area contributed by atoms with Crippen molar-refractivity contribution < 1.29 is 24.6 Å². The van der Waals surface area contributed by atoms with E-state index in [1.54, 1.807) is 6.92 Å². The zero-order chi connectivity index (χ0) is 15.4. The van der Waals surface area contributed by atoms with Gasteiger partial charge in [0.1, 0.15) is 6.04 Å². The van der Waals surface area contributed by atoms with E-state index in [9.17, 15) is 19.5 Å². The number of aliphatic carboxylic acids is 1. The number of amides is 3. The largest absolute Gasteiger partial charge is 0.480 e. The maximum absolute atomic E-state index is 12.2. The van der Waals surface area contributed by atoms with Crippen LogP contribution in [-0.4, -0.2) is 77.3 Å². The average Bonchev–Trinajstić information content (AvgIpc) is 2.78.